The summed E-state index contributed by atoms with van der Waals surface area (Å²) in [6.07, 6.45) is 4.92. The monoisotopic (exact) mass is 302 g/mol. The molecule has 0 aromatic carbocycles. The number of nitrogens with zero attached hydrogens (tertiary/aromatic N) is 3. The van der Waals surface area contributed by atoms with E-state index in [-0.39, 0.29) is 17.7 Å². The molecule has 2 aliphatic rings. The van der Waals surface area contributed by atoms with E-state index in [1.54, 1.807) is 13.1 Å². The number of hydrogen-bond donors (Lipinski definition) is 1. The molecule has 1 aliphatic heterocycles. The van der Waals surface area contributed by atoms with Crippen LogP contribution in [-0.2, 0) is 9.59 Å². The van der Waals surface area contributed by atoms with Crippen LogP contribution in [0.4, 0.5) is 11.5 Å². The summed E-state index contributed by atoms with van der Waals surface area (Å²) in [6.45, 7) is 4.73. The van der Waals surface area contributed by atoms with Gasteiger partial charge in [0, 0.05) is 39.0 Å². The Labute approximate surface area is 130 Å². The van der Waals surface area contributed by atoms with Gasteiger partial charge in [0.15, 0.2) is 0 Å². The fraction of sp³-hybridized carbons (Fsp3) is 0.562. The highest BCUT2D eigenvalue weighted by molar-refractivity contribution is 5.92. The van der Waals surface area contributed by atoms with Crippen LogP contribution < -0.4 is 10.2 Å². The van der Waals surface area contributed by atoms with Crippen LogP contribution in [0.1, 0.15) is 26.2 Å². The van der Waals surface area contributed by atoms with Crippen LogP contribution in [0, 0.1) is 5.92 Å². The van der Waals surface area contributed by atoms with E-state index in [1.165, 1.54) is 0 Å². The molecule has 0 bridgehead atoms. The van der Waals surface area contributed by atoms with Crippen molar-refractivity contribution in [2.24, 2.45) is 5.92 Å². The molecule has 6 nitrogen and oxygen atoms in total. The third-order valence-corrected chi connectivity index (χ3v) is 4.57. The summed E-state index contributed by atoms with van der Waals surface area (Å²) < 4.78 is 0. The Morgan fingerprint density at radius 1 is 1.18 bits per heavy atom. The topological polar surface area (TPSA) is 65.5 Å². The molecule has 0 radical (unpaired) electrons. The lowest BCUT2D eigenvalue weighted by Gasteiger charge is -2.35. The van der Waals surface area contributed by atoms with Crippen LogP contribution in [0.5, 0.6) is 0 Å². The molecule has 1 aromatic heterocycles. The predicted octanol–water partition coefficient (Wildman–Crippen LogP) is 1.49. The largest absolute Gasteiger partial charge is 0.367 e. The van der Waals surface area contributed by atoms with E-state index in [4.69, 9.17) is 0 Å². The molecule has 0 atom stereocenters. The normalized spacial score (nSPS) is 18.8. The summed E-state index contributed by atoms with van der Waals surface area (Å²) in [5.74, 6) is 0.998. The zero-order valence-corrected chi connectivity index (χ0v) is 12.9. The third kappa shape index (κ3) is 3.21. The lowest BCUT2D eigenvalue weighted by Crippen LogP contribution is -2.48. The van der Waals surface area contributed by atoms with Crippen LogP contribution in [0.15, 0.2) is 18.3 Å². The first-order chi connectivity index (χ1) is 10.6. The van der Waals surface area contributed by atoms with E-state index in [0.29, 0.717) is 5.82 Å². The summed E-state index contributed by atoms with van der Waals surface area (Å²) in [5, 5.41) is 2.87. The van der Waals surface area contributed by atoms with E-state index >= 15 is 0 Å². The van der Waals surface area contributed by atoms with Gasteiger partial charge in [-0.1, -0.05) is 6.42 Å². The van der Waals surface area contributed by atoms with Crippen molar-refractivity contribution < 1.29 is 9.59 Å². The van der Waals surface area contributed by atoms with Crippen molar-refractivity contribution >= 4 is 23.3 Å². The molecule has 0 unspecified atom stereocenters. The Morgan fingerprint density at radius 2 is 1.91 bits per heavy atom. The van der Waals surface area contributed by atoms with E-state index in [0.717, 1.165) is 51.1 Å². The molecule has 1 saturated carbocycles. The number of hydrogen-bond acceptors (Lipinski definition) is 4. The first kappa shape index (κ1) is 14.8. The smallest absolute Gasteiger partial charge is 0.228 e. The molecule has 2 amide bonds. The molecule has 1 aromatic rings. The number of pyridine rings is 1. The lowest BCUT2D eigenvalue weighted by molar-refractivity contribution is -0.129. The van der Waals surface area contributed by atoms with Crippen LogP contribution in [0.25, 0.3) is 0 Å². The summed E-state index contributed by atoms with van der Waals surface area (Å²) in [5.41, 5.74) is 1.03. The molecule has 118 valence electrons. The van der Waals surface area contributed by atoms with Crippen molar-refractivity contribution in [2.75, 3.05) is 36.4 Å². The predicted molar refractivity (Wildman–Crippen MR) is 84.7 cm³/mol. The highest BCUT2D eigenvalue weighted by atomic mass is 16.2. The van der Waals surface area contributed by atoms with Crippen LogP contribution in [0.2, 0.25) is 0 Å². The average Bonchev–Trinajstić information content (AvgIpc) is 2.46. The molecular formula is C16H22N4O2. The molecule has 6 heteroatoms. The standard InChI is InChI=1S/C16H22N4O2/c1-12(21)19-7-9-20(10-8-19)14-5-6-15(17-11-14)18-16(22)13-3-2-4-13/h5-6,11,13H,2-4,7-10H2,1H3,(H,17,18,22). The van der Waals surface area contributed by atoms with Gasteiger partial charge in [0.25, 0.3) is 0 Å². The number of carbonyl (C=O) groups excluding carboxylic acids is 2. The Balaban J connectivity index is 1.55. The minimum absolute atomic E-state index is 0.0848. The highest BCUT2D eigenvalue weighted by Gasteiger charge is 2.25. The number of anilines is 2. The molecule has 0 spiro atoms. The fourth-order valence-corrected chi connectivity index (χ4v) is 2.83. The summed E-state index contributed by atoms with van der Waals surface area (Å²) >= 11 is 0. The van der Waals surface area contributed by atoms with Gasteiger partial charge in [0.2, 0.25) is 11.8 Å². The van der Waals surface area contributed by atoms with Gasteiger partial charge in [-0.05, 0) is 25.0 Å². The van der Waals surface area contributed by atoms with Crippen molar-refractivity contribution in [2.45, 2.75) is 26.2 Å². The van der Waals surface area contributed by atoms with Gasteiger partial charge < -0.3 is 15.1 Å². The van der Waals surface area contributed by atoms with Crippen molar-refractivity contribution in [3.63, 3.8) is 0 Å². The molecule has 1 N–H and O–H groups in total. The zero-order chi connectivity index (χ0) is 15.5. The second-order valence-electron chi connectivity index (χ2n) is 6.01. The lowest BCUT2D eigenvalue weighted by atomic mass is 9.85. The minimum atomic E-state index is 0.0848. The van der Waals surface area contributed by atoms with Crippen molar-refractivity contribution in [1.29, 1.82) is 0 Å². The summed E-state index contributed by atoms with van der Waals surface area (Å²) in [6, 6.07) is 3.83. The zero-order valence-electron chi connectivity index (χ0n) is 12.9. The molecule has 22 heavy (non-hydrogen) atoms. The average molecular weight is 302 g/mol. The molecule has 1 aliphatic carbocycles. The number of aromatic nitrogens is 1. The number of amides is 2. The number of piperazine rings is 1. The van der Waals surface area contributed by atoms with Gasteiger partial charge in [0.05, 0.1) is 11.9 Å². The Hall–Kier alpha value is -2.11. The molecular weight excluding hydrogens is 280 g/mol. The fourth-order valence-electron chi connectivity index (χ4n) is 2.83. The molecule has 3 rings (SSSR count). The number of carbonyl (C=O) groups is 2. The van der Waals surface area contributed by atoms with Crippen LogP contribution in [0.3, 0.4) is 0 Å². The molecule has 2 fully saturated rings. The van der Waals surface area contributed by atoms with E-state index in [2.05, 4.69) is 15.2 Å². The van der Waals surface area contributed by atoms with Crippen molar-refractivity contribution in [3.05, 3.63) is 18.3 Å². The van der Waals surface area contributed by atoms with Crippen LogP contribution in [-0.4, -0.2) is 47.9 Å². The quantitative estimate of drug-likeness (QED) is 0.918. The second kappa shape index (κ2) is 6.34. The maximum atomic E-state index is 11.9. The van der Waals surface area contributed by atoms with Gasteiger partial charge in [-0.25, -0.2) is 4.98 Å². The first-order valence-corrected chi connectivity index (χ1v) is 7.91. The maximum absolute atomic E-state index is 11.9. The van der Waals surface area contributed by atoms with Crippen molar-refractivity contribution in [1.82, 2.24) is 9.88 Å². The SMILES string of the molecule is CC(=O)N1CCN(c2ccc(NC(=O)C3CCC3)nc2)CC1. The van der Waals surface area contributed by atoms with Gasteiger partial charge in [-0.3, -0.25) is 9.59 Å². The van der Waals surface area contributed by atoms with E-state index in [1.807, 2.05) is 17.0 Å². The third-order valence-electron chi connectivity index (χ3n) is 4.57. The molecule has 1 saturated heterocycles. The second-order valence-corrected chi connectivity index (χ2v) is 6.01. The van der Waals surface area contributed by atoms with Gasteiger partial charge in [-0.2, -0.15) is 0 Å². The maximum Gasteiger partial charge on any atom is 0.228 e. The van der Waals surface area contributed by atoms with Crippen LogP contribution >= 0.6 is 0 Å². The summed E-state index contributed by atoms with van der Waals surface area (Å²) in [7, 11) is 0. The first-order valence-electron chi connectivity index (χ1n) is 7.91. The van der Waals surface area contributed by atoms with Gasteiger partial charge in [-0.15, -0.1) is 0 Å². The Kier molecular flexibility index (Phi) is 4.27. The van der Waals surface area contributed by atoms with E-state index in [9.17, 15) is 9.59 Å². The number of rotatable bonds is 3. The Morgan fingerprint density at radius 3 is 2.41 bits per heavy atom. The minimum Gasteiger partial charge on any atom is -0.367 e. The van der Waals surface area contributed by atoms with E-state index < -0.39 is 0 Å². The van der Waals surface area contributed by atoms with Crippen molar-refractivity contribution in [3.8, 4) is 0 Å². The summed E-state index contributed by atoms with van der Waals surface area (Å²) in [4.78, 5) is 31.6. The Bertz CT molecular complexity index is 546. The van der Waals surface area contributed by atoms with Gasteiger partial charge >= 0.3 is 0 Å². The molecule has 2 heterocycles. The highest BCUT2D eigenvalue weighted by Crippen LogP contribution is 2.27. The van der Waals surface area contributed by atoms with Gasteiger partial charge in [0.1, 0.15) is 5.82 Å². The number of nitrogens with one attached hydrogen (secondary N) is 1.